The molecule has 0 saturated carbocycles. The van der Waals surface area contributed by atoms with Crippen molar-refractivity contribution in [1.82, 2.24) is 9.38 Å². The second-order valence-electron chi connectivity index (χ2n) is 2.85. The molecule has 1 N–H and O–H groups in total. The predicted molar refractivity (Wildman–Crippen MR) is 57.1 cm³/mol. The molecule has 0 atom stereocenters. The van der Waals surface area contributed by atoms with Gasteiger partial charge in [0.2, 0.25) is 0 Å². The second kappa shape index (κ2) is 3.30. The van der Waals surface area contributed by atoms with Crippen LogP contribution in [0.1, 0.15) is 5.69 Å². The number of nitrogens with zero attached hydrogens (tertiary/aromatic N) is 2. The minimum atomic E-state index is 0.983. The summed E-state index contributed by atoms with van der Waals surface area (Å²) in [7, 11) is 0. The first kappa shape index (κ1) is 8.44. The zero-order chi connectivity index (χ0) is 9.26. The Bertz CT molecular complexity index is 422. The molecular formula is C9H11N3S. The van der Waals surface area contributed by atoms with Crippen molar-refractivity contribution in [3.63, 3.8) is 0 Å². The van der Waals surface area contributed by atoms with Crippen LogP contribution in [-0.4, -0.2) is 15.6 Å². The molecule has 0 amide bonds. The zero-order valence-corrected chi connectivity index (χ0v) is 8.43. The van der Waals surface area contributed by atoms with E-state index in [9.17, 15) is 0 Å². The quantitative estimate of drug-likeness (QED) is 0.742. The van der Waals surface area contributed by atoms with Gasteiger partial charge in [-0.2, -0.15) is 0 Å². The average Bonchev–Trinajstić information content (AvgIpc) is 2.48. The fourth-order valence-electron chi connectivity index (χ4n) is 1.29. The number of fused-ring (bicyclic) bond motifs is 1. The standard InChI is InChI=1S/C9H11N3S/c1-7-6-10-9-5-8(11-13-2)3-4-12(7)9/h3-6,11H,1-2H3. The summed E-state index contributed by atoms with van der Waals surface area (Å²) in [5, 5.41) is 0. The molecule has 0 radical (unpaired) electrons. The van der Waals surface area contributed by atoms with E-state index in [2.05, 4.69) is 14.1 Å². The molecule has 3 nitrogen and oxygen atoms in total. The Labute approximate surface area is 81.3 Å². The van der Waals surface area contributed by atoms with E-state index < -0.39 is 0 Å². The Hall–Kier alpha value is -1.16. The summed E-state index contributed by atoms with van der Waals surface area (Å²) < 4.78 is 5.23. The van der Waals surface area contributed by atoms with Crippen molar-refractivity contribution in [2.45, 2.75) is 6.92 Å². The first-order chi connectivity index (χ1) is 6.31. The maximum absolute atomic E-state index is 4.27. The summed E-state index contributed by atoms with van der Waals surface area (Å²) in [5.74, 6) is 0. The molecule has 0 aliphatic rings. The number of hydrogen-bond acceptors (Lipinski definition) is 3. The van der Waals surface area contributed by atoms with E-state index in [4.69, 9.17) is 0 Å². The number of nitrogens with one attached hydrogen (secondary N) is 1. The largest absolute Gasteiger partial charge is 0.330 e. The Balaban J connectivity index is 2.50. The first-order valence-electron chi connectivity index (χ1n) is 4.04. The summed E-state index contributed by atoms with van der Waals surface area (Å²) in [5.41, 5.74) is 3.23. The number of hydrogen-bond donors (Lipinski definition) is 1. The lowest BCUT2D eigenvalue weighted by Gasteiger charge is -2.02. The summed E-state index contributed by atoms with van der Waals surface area (Å²) in [6.45, 7) is 2.04. The van der Waals surface area contributed by atoms with E-state index in [1.54, 1.807) is 11.9 Å². The maximum atomic E-state index is 4.27. The van der Waals surface area contributed by atoms with Gasteiger partial charge < -0.3 is 9.12 Å². The van der Waals surface area contributed by atoms with Crippen LogP contribution in [0.15, 0.2) is 24.5 Å². The molecular weight excluding hydrogens is 182 g/mol. The highest BCUT2D eigenvalue weighted by atomic mass is 32.2. The third-order valence-electron chi connectivity index (χ3n) is 1.92. The normalized spacial score (nSPS) is 10.6. The Morgan fingerprint density at radius 1 is 1.54 bits per heavy atom. The summed E-state index contributed by atoms with van der Waals surface area (Å²) >= 11 is 1.58. The highest BCUT2D eigenvalue weighted by Crippen LogP contribution is 2.14. The molecule has 2 aromatic rings. The lowest BCUT2D eigenvalue weighted by molar-refractivity contribution is 1.11. The maximum Gasteiger partial charge on any atom is 0.138 e. The summed E-state index contributed by atoms with van der Waals surface area (Å²) in [6, 6.07) is 4.07. The number of rotatable bonds is 2. The Morgan fingerprint density at radius 2 is 2.38 bits per heavy atom. The van der Waals surface area contributed by atoms with E-state index in [-0.39, 0.29) is 0 Å². The van der Waals surface area contributed by atoms with Gasteiger partial charge in [0.15, 0.2) is 0 Å². The van der Waals surface area contributed by atoms with Crippen LogP contribution in [0.25, 0.3) is 5.65 Å². The van der Waals surface area contributed by atoms with Crippen LogP contribution >= 0.6 is 11.9 Å². The van der Waals surface area contributed by atoms with Crippen molar-refractivity contribution in [3.8, 4) is 0 Å². The monoisotopic (exact) mass is 193 g/mol. The Morgan fingerprint density at radius 3 is 3.15 bits per heavy atom. The van der Waals surface area contributed by atoms with Crippen molar-refractivity contribution >= 4 is 23.3 Å². The molecule has 68 valence electrons. The second-order valence-corrected chi connectivity index (χ2v) is 3.46. The van der Waals surface area contributed by atoms with Crippen molar-refractivity contribution in [1.29, 1.82) is 0 Å². The van der Waals surface area contributed by atoms with E-state index in [0.717, 1.165) is 17.0 Å². The van der Waals surface area contributed by atoms with Gasteiger partial charge in [-0.3, -0.25) is 0 Å². The third kappa shape index (κ3) is 1.49. The van der Waals surface area contributed by atoms with Crippen LogP contribution < -0.4 is 4.72 Å². The summed E-state index contributed by atoms with van der Waals surface area (Å²) in [4.78, 5) is 4.27. The van der Waals surface area contributed by atoms with Gasteiger partial charge in [-0.25, -0.2) is 4.98 Å². The lowest BCUT2D eigenvalue weighted by Crippen LogP contribution is -1.89. The molecule has 0 fully saturated rings. The van der Waals surface area contributed by atoms with Gasteiger partial charge in [0.25, 0.3) is 0 Å². The van der Waals surface area contributed by atoms with Crippen LogP contribution in [0.5, 0.6) is 0 Å². The number of imidazole rings is 1. The van der Waals surface area contributed by atoms with Gasteiger partial charge >= 0.3 is 0 Å². The smallest absolute Gasteiger partial charge is 0.138 e. The molecule has 0 saturated heterocycles. The molecule has 0 unspecified atom stereocenters. The van der Waals surface area contributed by atoms with Gasteiger partial charge in [0.1, 0.15) is 5.65 Å². The number of pyridine rings is 1. The first-order valence-corrected chi connectivity index (χ1v) is 5.26. The molecule has 2 rings (SSSR count). The van der Waals surface area contributed by atoms with E-state index in [1.165, 1.54) is 0 Å². The predicted octanol–water partition coefficient (Wildman–Crippen LogP) is 2.33. The van der Waals surface area contributed by atoms with Crippen LogP contribution in [0, 0.1) is 6.92 Å². The van der Waals surface area contributed by atoms with E-state index in [1.807, 2.05) is 37.7 Å². The molecule has 0 aliphatic heterocycles. The fraction of sp³-hybridized carbons (Fsp3) is 0.222. The SMILES string of the molecule is CSNc1ccn2c(C)cnc2c1. The molecule has 0 bridgehead atoms. The average molecular weight is 193 g/mol. The van der Waals surface area contributed by atoms with Crippen molar-refractivity contribution in [2.75, 3.05) is 11.0 Å². The lowest BCUT2D eigenvalue weighted by atomic mass is 10.4. The van der Waals surface area contributed by atoms with Gasteiger partial charge in [0.05, 0.1) is 0 Å². The highest BCUT2D eigenvalue weighted by Gasteiger charge is 1.98. The highest BCUT2D eigenvalue weighted by molar-refractivity contribution is 7.99. The minimum absolute atomic E-state index is 0.983. The van der Waals surface area contributed by atoms with Gasteiger partial charge in [-0.05, 0) is 13.0 Å². The Kier molecular flexibility index (Phi) is 2.14. The van der Waals surface area contributed by atoms with Crippen molar-refractivity contribution in [3.05, 3.63) is 30.2 Å². The molecule has 2 heterocycles. The minimum Gasteiger partial charge on any atom is -0.330 e. The van der Waals surface area contributed by atoms with Crippen LogP contribution in [0.2, 0.25) is 0 Å². The zero-order valence-electron chi connectivity index (χ0n) is 7.61. The number of anilines is 1. The topological polar surface area (TPSA) is 29.3 Å². The van der Waals surface area contributed by atoms with E-state index in [0.29, 0.717) is 0 Å². The van der Waals surface area contributed by atoms with Crippen molar-refractivity contribution in [2.24, 2.45) is 0 Å². The van der Waals surface area contributed by atoms with Gasteiger partial charge in [-0.15, -0.1) is 0 Å². The molecule has 0 aliphatic carbocycles. The molecule has 13 heavy (non-hydrogen) atoms. The van der Waals surface area contributed by atoms with Gasteiger partial charge in [-0.1, -0.05) is 11.9 Å². The molecule has 4 heteroatoms. The van der Waals surface area contributed by atoms with Crippen LogP contribution in [0.4, 0.5) is 5.69 Å². The number of aromatic nitrogens is 2. The van der Waals surface area contributed by atoms with Crippen LogP contribution in [-0.2, 0) is 0 Å². The van der Waals surface area contributed by atoms with Crippen molar-refractivity contribution < 1.29 is 0 Å². The summed E-state index contributed by atoms with van der Waals surface area (Å²) in [6.07, 6.45) is 5.90. The molecule has 0 spiro atoms. The van der Waals surface area contributed by atoms with Gasteiger partial charge in [0, 0.05) is 36.1 Å². The fourth-order valence-corrected chi connectivity index (χ4v) is 1.65. The third-order valence-corrected chi connectivity index (χ3v) is 2.36. The molecule has 0 aromatic carbocycles. The van der Waals surface area contributed by atoms with E-state index >= 15 is 0 Å². The van der Waals surface area contributed by atoms with Crippen LogP contribution in [0.3, 0.4) is 0 Å². The molecule has 2 aromatic heterocycles. The number of aryl methyl sites for hydroxylation is 1.